The van der Waals surface area contributed by atoms with E-state index in [0.29, 0.717) is 55.0 Å². The Kier molecular flexibility index (Phi) is 8.31. The van der Waals surface area contributed by atoms with Crippen molar-refractivity contribution in [3.63, 3.8) is 0 Å². The molecule has 3 rings (SSSR count). The Balaban J connectivity index is 1.97. The summed E-state index contributed by atoms with van der Waals surface area (Å²) in [6.07, 6.45) is 1.15. The van der Waals surface area contributed by atoms with Crippen LogP contribution in [0.25, 0.3) is 0 Å². The van der Waals surface area contributed by atoms with Gasteiger partial charge in [0.15, 0.2) is 0 Å². The van der Waals surface area contributed by atoms with Crippen molar-refractivity contribution in [1.82, 2.24) is 4.90 Å². The summed E-state index contributed by atoms with van der Waals surface area (Å²) in [6.45, 7) is 5.28. The van der Waals surface area contributed by atoms with Crippen LogP contribution >= 0.6 is 15.9 Å². The predicted octanol–water partition coefficient (Wildman–Crippen LogP) is 4.26. The highest BCUT2D eigenvalue weighted by molar-refractivity contribution is 9.10. The van der Waals surface area contributed by atoms with Crippen molar-refractivity contribution in [2.45, 2.75) is 31.6 Å². The molecule has 1 aliphatic rings. The van der Waals surface area contributed by atoms with E-state index < -0.39 is 10.0 Å². The van der Waals surface area contributed by atoms with Crippen LogP contribution in [0, 0.1) is 5.92 Å². The summed E-state index contributed by atoms with van der Waals surface area (Å²) in [4.78, 5) is 14.0. The quantitative estimate of drug-likeness (QED) is 0.306. The molecule has 7 nitrogen and oxygen atoms in total. The summed E-state index contributed by atoms with van der Waals surface area (Å²) in [5, 5.41) is 0. The van der Waals surface area contributed by atoms with Crippen molar-refractivity contribution in [3.8, 4) is 5.75 Å². The van der Waals surface area contributed by atoms with Crippen molar-refractivity contribution in [2.24, 2.45) is 10.3 Å². The number of ether oxygens (including phenoxy) is 2. The molecule has 0 N–H and O–H groups in total. The first-order chi connectivity index (χ1) is 15.4. The van der Waals surface area contributed by atoms with Crippen molar-refractivity contribution < 1.29 is 22.7 Å². The van der Waals surface area contributed by atoms with Crippen LogP contribution in [0.15, 0.2) is 62.3 Å². The lowest BCUT2D eigenvalue weighted by atomic mass is 9.96. The number of nitrogens with zero attached hydrogens (tertiary/aromatic N) is 2. The van der Waals surface area contributed by atoms with Gasteiger partial charge in [-0.25, -0.2) is 0 Å². The van der Waals surface area contributed by atoms with E-state index in [1.165, 1.54) is 6.07 Å². The van der Waals surface area contributed by atoms with E-state index in [4.69, 9.17) is 9.47 Å². The maximum atomic E-state index is 13.4. The molecule has 2 aromatic carbocycles. The molecule has 0 aromatic heterocycles. The van der Waals surface area contributed by atoms with Crippen molar-refractivity contribution in [2.75, 3.05) is 26.3 Å². The van der Waals surface area contributed by atoms with Crippen LogP contribution in [0.4, 0.5) is 0 Å². The molecule has 172 valence electrons. The molecule has 0 unspecified atom stereocenters. The second kappa shape index (κ2) is 11.0. The van der Waals surface area contributed by atoms with Gasteiger partial charge in [0.25, 0.3) is 10.0 Å². The Hall–Kier alpha value is -2.39. The van der Waals surface area contributed by atoms with Crippen LogP contribution in [-0.2, 0) is 19.6 Å². The minimum absolute atomic E-state index is 0.00330. The van der Waals surface area contributed by atoms with Crippen molar-refractivity contribution in [3.05, 3.63) is 58.6 Å². The number of hydrogen-bond donors (Lipinski definition) is 0. The molecule has 9 heteroatoms. The second-order valence-corrected chi connectivity index (χ2v) is 9.78. The van der Waals surface area contributed by atoms with Gasteiger partial charge in [-0.2, -0.15) is 8.42 Å². The number of sulfonamides is 1. The van der Waals surface area contributed by atoms with E-state index in [9.17, 15) is 13.2 Å². The highest BCUT2D eigenvalue weighted by atomic mass is 79.9. The number of piperidine rings is 1. The molecular formula is C23H27BrN2O5S. The van der Waals surface area contributed by atoms with Crippen LogP contribution in [0.2, 0.25) is 0 Å². The normalized spacial score (nSPS) is 15.5. The molecule has 32 heavy (non-hydrogen) atoms. The zero-order chi connectivity index (χ0) is 23.1. The molecule has 2 aromatic rings. The minimum atomic E-state index is -4.07. The largest absolute Gasteiger partial charge is 0.492 e. The Labute approximate surface area is 197 Å². The lowest BCUT2D eigenvalue weighted by molar-refractivity contribution is -0.149. The number of carbonyl (C=O) groups excluding carboxylic acids is 1. The Morgan fingerprint density at radius 3 is 2.41 bits per heavy atom. The SMILES string of the molecule is CCOC(=O)C1CCN(/C(=N\S(=O)(=O)c2cc(Br)ccc2OCC)c2ccccc2)CC1. The lowest BCUT2D eigenvalue weighted by Gasteiger charge is -2.33. The summed E-state index contributed by atoms with van der Waals surface area (Å²) in [5.41, 5.74) is 0.693. The van der Waals surface area contributed by atoms with Gasteiger partial charge >= 0.3 is 5.97 Å². The zero-order valence-corrected chi connectivity index (χ0v) is 20.6. The van der Waals surface area contributed by atoms with E-state index in [2.05, 4.69) is 20.3 Å². The third kappa shape index (κ3) is 5.89. The number of halogens is 1. The van der Waals surface area contributed by atoms with Gasteiger partial charge in [0, 0.05) is 23.1 Å². The van der Waals surface area contributed by atoms with Crippen molar-refractivity contribution in [1.29, 1.82) is 0 Å². The maximum absolute atomic E-state index is 13.4. The van der Waals surface area contributed by atoms with E-state index in [1.807, 2.05) is 35.2 Å². The summed E-state index contributed by atoms with van der Waals surface area (Å²) < 4.78 is 42.3. The second-order valence-electron chi connectivity index (χ2n) is 7.29. The van der Waals surface area contributed by atoms with E-state index in [-0.39, 0.29) is 22.5 Å². The Bertz CT molecular complexity index is 1070. The van der Waals surface area contributed by atoms with E-state index >= 15 is 0 Å². The van der Waals surface area contributed by atoms with Gasteiger partial charge in [-0.15, -0.1) is 4.40 Å². The molecule has 0 bridgehead atoms. The third-order valence-corrected chi connectivity index (χ3v) is 6.92. The molecule has 0 radical (unpaired) electrons. The standard InChI is InChI=1S/C23H27BrN2O5S/c1-3-30-20-11-10-19(24)16-21(20)32(28,29)25-22(17-8-6-5-7-9-17)26-14-12-18(13-15-26)23(27)31-4-2/h5-11,16,18H,3-4,12-15H2,1-2H3/b25-22-. The Morgan fingerprint density at radius 1 is 1.09 bits per heavy atom. The first kappa shape index (κ1) is 24.3. The molecule has 1 fully saturated rings. The maximum Gasteiger partial charge on any atom is 0.309 e. The number of esters is 1. The fraction of sp³-hybridized carbons (Fsp3) is 0.391. The predicted molar refractivity (Wildman–Crippen MR) is 126 cm³/mol. The topological polar surface area (TPSA) is 85.3 Å². The Morgan fingerprint density at radius 2 is 1.78 bits per heavy atom. The first-order valence-corrected chi connectivity index (χ1v) is 12.8. The first-order valence-electron chi connectivity index (χ1n) is 10.6. The van der Waals surface area contributed by atoms with Crippen LogP contribution in [0.1, 0.15) is 32.3 Å². The van der Waals surface area contributed by atoms with Gasteiger partial charge in [-0.1, -0.05) is 46.3 Å². The third-order valence-electron chi connectivity index (χ3n) is 5.14. The van der Waals surface area contributed by atoms with Gasteiger partial charge < -0.3 is 14.4 Å². The van der Waals surface area contributed by atoms with Crippen LogP contribution < -0.4 is 4.74 Å². The van der Waals surface area contributed by atoms with Gasteiger partial charge in [-0.3, -0.25) is 4.79 Å². The highest BCUT2D eigenvalue weighted by Gasteiger charge is 2.30. The van der Waals surface area contributed by atoms with Crippen LogP contribution in [0.5, 0.6) is 5.75 Å². The number of amidine groups is 1. The van der Waals surface area contributed by atoms with Gasteiger partial charge in [-0.05, 0) is 44.9 Å². The molecule has 1 aliphatic heterocycles. The average molecular weight is 523 g/mol. The number of hydrogen-bond acceptors (Lipinski definition) is 5. The number of benzene rings is 2. The fourth-order valence-corrected chi connectivity index (χ4v) is 5.31. The number of rotatable bonds is 7. The fourth-order valence-electron chi connectivity index (χ4n) is 3.59. The van der Waals surface area contributed by atoms with Crippen molar-refractivity contribution >= 4 is 37.8 Å². The van der Waals surface area contributed by atoms with Crippen LogP contribution in [-0.4, -0.2) is 51.4 Å². The lowest BCUT2D eigenvalue weighted by Crippen LogP contribution is -2.41. The molecule has 0 saturated carbocycles. The summed E-state index contributed by atoms with van der Waals surface area (Å²) in [5.74, 6) is 0.228. The smallest absolute Gasteiger partial charge is 0.309 e. The zero-order valence-electron chi connectivity index (χ0n) is 18.2. The van der Waals surface area contributed by atoms with Gasteiger partial charge in [0.2, 0.25) is 0 Å². The number of likely N-dealkylation sites (tertiary alicyclic amines) is 1. The summed E-state index contributed by atoms with van der Waals surface area (Å²) in [6, 6.07) is 14.0. The molecule has 1 saturated heterocycles. The highest BCUT2D eigenvalue weighted by Crippen LogP contribution is 2.30. The summed E-state index contributed by atoms with van der Waals surface area (Å²) in [7, 11) is -4.07. The minimum Gasteiger partial charge on any atom is -0.492 e. The monoisotopic (exact) mass is 522 g/mol. The molecule has 0 aliphatic carbocycles. The van der Waals surface area contributed by atoms with Crippen LogP contribution in [0.3, 0.4) is 0 Å². The molecular weight excluding hydrogens is 496 g/mol. The summed E-state index contributed by atoms with van der Waals surface area (Å²) >= 11 is 3.34. The molecule has 1 heterocycles. The van der Waals surface area contributed by atoms with E-state index in [0.717, 1.165) is 0 Å². The number of carbonyl (C=O) groups is 1. The van der Waals surface area contributed by atoms with Gasteiger partial charge in [0.1, 0.15) is 16.5 Å². The van der Waals surface area contributed by atoms with Gasteiger partial charge in [0.05, 0.1) is 19.1 Å². The molecule has 0 atom stereocenters. The molecule has 0 amide bonds. The van der Waals surface area contributed by atoms with E-state index in [1.54, 1.807) is 26.0 Å². The molecule has 0 spiro atoms. The average Bonchev–Trinajstić information content (AvgIpc) is 2.80.